The molecule has 2 fully saturated rings. The smallest absolute Gasteiger partial charge is 0.191 e. The fraction of sp³-hybridized carbons (Fsp3) is 0.583. The van der Waals surface area contributed by atoms with Crippen LogP contribution in [0.5, 0.6) is 0 Å². The van der Waals surface area contributed by atoms with Crippen molar-refractivity contribution in [2.45, 2.75) is 74.4 Å². The highest BCUT2D eigenvalue weighted by Gasteiger charge is 2.45. The Labute approximate surface area is 230 Å². The van der Waals surface area contributed by atoms with Crippen molar-refractivity contribution < 1.29 is 42.3 Å². The monoisotopic (exact) mass is 531 g/mol. The SMILES string of the molecule is [2H]C([2H])(CO)O[C@@]1([2H])C([2H])([2H])[C@@]([2H])(n2nnc3c(N[C@]4([2H])C[C@H]4c4ccc(C)c(F)c4)nc(SC([2H])([2H])C([2H])([2H])C)nc32)[C@]([2H])(O)[C@]1([2H])O. The number of aliphatic hydroxyl groups excluding tert-OH is 1. The number of halogens is 1. The summed E-state index contributed by atoms with van der Waals surface area (Å²) in [4.78, 5) is 8.21. The molecule has 0 aliphatic heterocycles. The number of thioether (sulfide) groups is 1. The van der Waals surface area contributed by atoms with Crippen LogP contribution in [-0.4, -0.2) is 83.4 Å². The molecule has 0 spiro atoms. The minimum absolute atomic E-state index is 0.0881. The number of aliphatic hydroxyl groups is 3. The molecule has 0 unspecified atom stereocenters. The molecule has 0 radical (unpaired) electrons. The van der Waals surface area contributed by atoms with Crippen LogP contribution < -0.4 is 5.32 Å². The van der Waals surface area contributed by atoms with E-state index in [4.69, 9.17) is 17.8 Å². The van der Waals surface area contributed by atoms with E-state index in [-0.39, 0.29) is 22.9 Å². The van der Waals surface area contributed by atoms with Gasteiger partial charge in [0.15, 0.2) is 22.1 Å². The lowest BCUT2D eigenvalue weighted by Gasteiger charge is -2.17. The Morgan fingerprint density at radius 2 is 2.19 bits per heavy atom. The minimum Gasteiger partial charge on any atom is -0.394 e. The van der Waals surface area contributed by atoms with Gasteiger partial charge in [0.1, 0.15) is 18.0 Å². The second-order valence-corrected chi connectivity index (χ2v) is 8.58. The normalized spacial score (nSPS) is 45.7. The third-order valence-electron chi connectivity index (χ3n) is 5.43. The average Bonchev–Trinajstić information content (AvgIpc) is 3.41. The van der Waals surface area contributed by atoms with E-state index in [0.29, 0.717) is 11.1 Å². The number of hydrogen-bond donors (Lipinski definition) is 4. The van der Waals surface area contributed by atoms with Gasteiger partial charge in [-0.15, -0.1) is 5.10 Å². The highest BCUT2D eigenvalue weighted by Crippen LogP contribution is 2.44. The summed E-state index contributed by atoms with van der Waals surface area (Å²) < 4.78 is 128. The van der Waals surface area contributed by atoms with Crippen molar-refractivity contribution in [1.82, 2.24) is 25.0 Å². The van der Waals surface area contributed by atoms with Gasteiger partial charge in [0, 0.05) is 32.2 Å². The second-order valence-electron chi connectivity index (χ2n) is 7.80. The van der Waals surface area contributed by atoms with E-state index in [0.717, 1.165) is 6.92 Å². The first-order valence-electron chi connectivity index (χ1n) is 17.2. The third kappa shape index (κ3) is 4.92. The Hall–Kier alpha value is -2.38. The van der Waals surface area contributed by atoms with E-state index >= 15 is 0 Å². The molecular weight excluding hydrogens is 487 g/mol. The number of aromatic nitrogens is 5. The van der Waals surface area contributed by atoms with Gasteiger partial charge in [0.25, 0.3) is 0 Å². The highest BCUT2D eigenvalue weighted by atomic mass is 32.2. The largest absolute Gasteiger partial charge is 0.394 e. The summed E-state index contributed by atoms with van der Waals surface area (Å²) in [6.45, 7) is -2.39. The molecule has 2 aromatic heterocycles. The zero-order chi connectivity index (χ0) is 37.2. The quantitative estimate of drug-likeness (QED) is 0.227. The van der Waals surface area contributed by atoms with Crippen molar-refractivity contribution in [3.8, 4) is 0 Å². The molecule has 2 saturated carbocycles. The lowest BCUT2D eigenvalue weighted by Crippen LogP contribution is -2.33. The van der Waals surface area contributed by atoms with E-state index < -0.39 is 95.8 Å². The molecule has 4 N–H and O–H groups in total. The molecular formula is C24H31FN6O4S. The van der Waals surface area contributed by atoms with Gasteiger partial charge in [-0.25, -0.2) is 19.0 Å². The summed E-state index contributed by atoms with van der Waals surface area (Å²) in [5, 5.41) is 41.2. The van der Waals surface area contributed by atoms with Gasteiger partial charge < -0.3 is 25.4 Å². The standard InChI is InChI=1S/C24H31FN6O4S/c1-3-8-36-24-27-22(26-16-10-14(16)13-5-4-12(2)15(25)9-13)19-23(28-24)31(30-29-19)17-11-18(35-7-6-32)21(34)20(17)33/h4-5,9,14,16-18,20-21,32-34H,3,6-8,10-11H2,1-2H3,(H,26,27,28)/t14-,16+,17+,18-,20-,21+/m0/s1/i3D2,7D2,8D2,11D2,16D,17D,18D,20D,21D. The van der Waals surface area contributed by atoms with Crippen molar-refractivity contribution in [2.24, 2.45) is 0 Å². The molecule has 0 saturated heterocycles. The van der Waals surface area contributed by atoms with Gasteiger partial charge in [0.05, 0.1) is 34.9 Å². The molecule has 0 amide bonds. The molecule has 3 aromatic rings. The van der Waals surface area contributed by atoms with Crippen LogP contribution in [0.25, 0.3) is 11.2 Å². The zero-order valence-corrected chi connectivity index (χ0v) is 19.8. The minimum atomic E-state index is -4.19. The second kappa shape index (κ2) is 10.5. The summed E-state index contributed by atoms with van der Waals surface area (Å²) in [6.07, 6.45) is -18.8. The molecule has 12 heteroatoms. The molecule has 2 aliphatic carbocycles. The van der Waals surface area contributed by atoms with E-state index in [9.17, 15) is 19.7 Å². The molecule has 1 aromatic carbocycles. The number of aryl methyl sites for hydroxylation is 1. The maximum Gasteiger partial charge on any atom is 0.191 e. The number of nitrogens with one attached hydrogen (secondary N) is 1. The summed E-state index contributed by atoms with van der Waals surface area (Å²) in [5.74, 6) is -1.54. The van der Waals surface area contributed by atoms with Gasteiger partial charge >= 0.3 is 0 Å². The third-order valence-corrected chi connectivity index (χ3v) is 6.10. The van der Waals surface area contributed by atoms with Gasteiger partial charge in [-0.1, -0.05) is 36.0 Å². The van der Waals surface area contributed by atoms with Crippen LogP contribution in [0.3, 0.4) is 0 Å². The number of nitrogens with zero attached hydrogens (tertiary/aromatic N) is 5. The number of benzene rings is 1. The van der Waals surface area contributed by atoms with Crippen LogP contribution in [0, 0.1) is 12.7 Å². The lowest BCUT2D eigenvalue weighted by atomic mass is 10.1. The molecule has 5 rings (SSSR count). The first-order chi connectivity index (χ1) is 22.0. The van der Waals surface area contributed by atoms with Crippen molar-refractivity contribution in [2.75, 3.05) is 24.2 Å². The number of anilines is 1. The fourth-order valence-corrected chi connectivity index (χ4v) is 4.01. The molecule has 0 bridgehead atoms. The number of fused-ring (bicyclic) bond motifs is 1. The lowest BCUT2D eigenvalue weighted by molar-refractivity contribution is -0.0629. The summed E-state index contributed by atoms with van der Waals surface area (Å²) in [5.41, 5.74) is -3.22. The summed E-state index contributed by atoms with van der Waals surface area (Å²) in [7, 11) is 0. The molecule has 2 heterocycles. The van der Waals surface area contributed by atoms with Crippen molar-refractivity contribution in [3.05, 3.63) is 35.1 Å². The highest BCUT2D eigenvalue weighted by molar-refractivity contribution is 7.99. The zero-order valence-electron chi connectivity index (χ0n) is 32.0. The van der Waals surface area contributed by atoms with Crippen molar-refractivity contribution >= 4 is 28.7 Å². The Morgan fingerprint density at radius 1 is 1.36 bits per heavy atom. The van der Waals surface area contributed by atoms with Gasteiger partial charge in [-0.2, -0.15) is 0 Å². The van der Waals surface area contributed by atoms with Crippen LogP contribution in [0.15, 0.2) is 23.4 Å². The van der Waals surface area contributed by atoms with E-state index in [1.807, 2.05) is 0 Å². The van der Waals surface area contributed by atoms with E-state index in [1.54, 1.807) is 13.0 Å². The number of rotatable bonds is 10. The Balaban J connectivity index is 1.70. The summed E-state index contributed by atoms with van der Waals surface area (Å²) >= 11 is 0.119. The Morgan fingerprint density at radius 3 is 2.94 bits per heavy atom. The first kappa shape index (κ1) is 14.0. The van der Waals surface area contributed by atoms with Gasteiger partial charge in [-0.3, -0.25) is 0 Å². The Kier molecular flexibility index (Phi) is 4.09. The van der Waals surface area contributed by atoms with E-state index in [2.05, 4.69) is 30.3 Å². The van der Waals surface area contributed by atoms with Crippen LogP contribution in [0.4, 0.5) is 10.2 Å². The molecule has 10 nitrogen and oxygen atoms in total. The molecule has 6 atom stereocenters. The maximum absolute atomic E-state index is 14.3. The van der Waals surface area contributed by atoms with Crippen LogP contribution in [-0.2, 0) is 4.74 Å². The summed E-state index contributed by atoms with van der Waals surface area (Å²) in [6, 6.07) is -1.08. The van der Waals surface area contributed by atoms with Crippen LogP contribution in [0.1, 0.15) is 67.0 Å². The van der Waals surface area contributed by atoms with Crippen molar-refractivity contribution in [1.29, 1.82) is 0 Å². The first-order valence-corrected chi connectivity index (χ1v) is 11.5. The maximum atomic E-state index is 14.3. The topological polar surface area (TPSA) is 138 Å². The van der Waals surface area contributed by atoms with Crippen LogP contribution in [0.2, 0.25) is 0 Å². The average molecular weight is 532 g/mol. The fourth-order valence-electron chi connectivity index (χ4n) is 3.55. The van der Waals surface area contributed by atoms with Crippen molar-refractivity contribution in [3.63, 3.8) is 0 Å². The number of hydrogen-bond acceptors (Lipinski definition) is 10. The molecule has 2 aliphatic rings. The number of ether oxygens (including phenoxy) is 1. The van der Waals surface area contributed by atoms with Gasteiger partial charge in [-0.05, 0) is 36.9 Å². The van der Waals surface area contributed by atoms with Crippen LogP contribution >= 0.6 is 11.8 Å². The molecule has 194 valence electrons. The van der Waals surface area contributed by atoms with E-state index in [1.165, 1.54) is 12.1 Å². The predicted octanol–water partition coefficient (Wildman–Crippen LogP) is 2.18. The Bertz CT molecular complexity index is 1820. The van der Waals surface area contributed by atoms with Gasteiger partial charge in [0.2, 0.25) is 0 Å². The molecule has 36 heavy (non-hydrogen) atoms. The predicted molar refractivity (Wildman–Crippen MR) is 133 cm³/mol.